The van der Waals surface area contributed by atoms with Crippen molar-refractivity contribution >= 4 is 5.91 Å². The highest BCUT2D eigenvalue weighted by molar-refractivity contribution is 5.83. The maximum atomic E-state index is 12.7. The molecule has 1 atom stereocenters. The van der Waals surface area contributed by atoms with E-state index in [0.717, 1.165) is 29.1 Å². The molecule has 0 spiro atoms. The van der Waals surface area contributed by atoms with Crippen LogP contribution < -0.4 is 5.32 Å². The van der Waals surface area contributed by atoms with Crippen molar-refractivity contribution < 1.29 is 13.9 Å². The zero-order valence-corrected chi connectivity index (χ0v) is 15.7. The molecule has 0 bridgehead atoms. The van der Waals surface area contributed by atoms with E-state index in [9.17, 15) is 4.79 Å². The van der Waals surface area contributed by atoms with Crippen LogP contribution in [0.4, 0.5) is 0 Å². The first-order chi connectivity index (χ1) is 13.2. The van der Waals surface area contributed by atoms with E-state index in [-0.39, 0.29) is 11.8 Å². The van der Waals surface area contributed by atoms with Gasteiger partial charge < -0.3 is 14.5 Å². The van der Waals surface area contributed by atoms with Crippen LogP contribution in [0.5, 0.6) is 0 Å². The van der Waals surface area contributed by atoms with Crippen LogP contribution in [-0.4, -0.2) is 29.4 Å². The van der Waals surface area contributed by atoms with Crippen LogP contribution in [-0.2, 0) is 22.6 Å². The molecule has 6 nitrogen and oxygen atoms in total. The lowest BCUT2D eigenvalue weighted by molar-refractivity contribution is -0.122. The minimum atomic E-state index is -0.161. The summed E-state index contributed by atoms with van der Waals surface area (Å²) in [5.41, 5.74) is 2.68. The largest absolute Gasteiger partial charge is 0.463 e. The number of hydrogen-bond acceptors (Lipinski definition) is 4. The standard InChI is InChI=1S/C21H25N3O3/c1-3-18(16-8-5-4-6-9-16)21(25)22-15-17-14-19(20-10-7-12-27-20)24(23-17)11-13-26-2/h4-10,12,14,18H,3,11,13,15H2,1-2H3,(H,22,25). The molecule has 6 heteroatoms. The second-order valence-corrected chi connectivity index (χ2v) is 6.30. The molecule has 142 valence electrons. The summed E-state index contributed by atoms with van der Waals surface area (Å²) in [7, 11) is 1.66. The second-order valence-electron chi connectivity index (χ2n) is 6.30. The Morgan fingerprint density at radius 3 is 2.74 bits per heavy atom. The van der Waals surface area contributed by atoms with E-state index in [4.69, 9.17) is 9.15 Å². The predicted molar refractivity (Wildman–Crippen MR) is 103 cm³/mol. The fourth-order valence-electron chi connectivity index (χ4n) is 3.09. The summed E-state index contributed by atoms with van der Waals surface area (Å²) in [5, 5.41) is 7.61. The van der Waals surface area contributed by atoms with Gasteiger partial charge in [-0.25, -0.2) is 0 Å². The van der Waals surface area contributed by atoms with Gasteiger partial charge >= 0.3 is 0 Å². The van der Waals surface area contributed by atoms with Crippen molar-refractivity contribution in [1.82, 2.24) is 15.1 Å². The van der Waals surface area contributed by atoms with Gasteiger partial charge in [0.25, 0.3) is 0 Å². The second kappa shape index (κ2) is 9.19. The van der Waals surface area contributed by atoms with Gasteiger partial charge in [0.05, 0.1) is 37.6 Å². The maximum absolute atomic E-state index is 12.7. The highest BCUT2D eigenvalue weighted by Crippen LogP contribution is 2.22. The molecule has 0 aliphatic carbocycles. The van der Waals surface area contributed by atoms with Gasteiger partial charge in [0.2, 0.25) is 5.91 Å². The number of hydrogen-bond donors (Lipinski definition) is 1. The minimum Gasteiger partial charge on any atom is -0.463 e. The van der Waals surface area contributed by atoms with E-state index >= 15 is 0 Å². The first-order valence-corrected chi connectivity index (χ1v) is 9.15. The summed E-state index contributed by atoms with van der Waals surface area (Å²) in [5.74, 6) is 0.591. The zero-order chi connectivity index (χ0) is 19.1. The van der Waals surface area contributed by atoms with Gasteiger partial charge in [0.15, 0.2) is 5.76 Å². The first-order valence-electron chi connectivity index (χ1n) is 9.15. The van der Waals surface area contributed by atoms with Crippen LogP contribution in [0.2, 0.25) is 0 Å². The van der Waals surface area contributed by atoms with Crippen molar-refractivity contribution in [3.05, 3.63) is 66.1 Å². The molecular weight excluding hydrogens is 342 g/mol. The lowest BCUT2D eigenvalue weighted by Gasteiger charge is -2.14. The molecule has 1 amide bonds. The van der Waals surface area contributed by atoms with Crippen molar-refractivity contribution in [2.24, 2.45) is 0 Å². The van der Waals surface area contributed by atoms with Crippen molar-refractivity contribution in [3.8, 4) is 11.5 Å². The zero-order valence-electron chi connectivity index (χ0n) is 15.7. The number of carbonyl (C=O) groups excluding carboxylic acids is 1. The van der Waals surface area contributed by atoms with Gasteiger partial charge in [-0.1, -0.05) is 37.3 Å². The Balaban J connectivity index is 1.71. The molecule has 2 aromatic heterocycles. The lowest BCUT2D eigenvalue weighted by Crippen LogP contribution is -2.29. The number of carbonyl (C=O) groups is 1. The van der Waals surface area contributed by atoms with Gasteiger partial charge in [-0.05, 0) is 30.2 Å². The quantitative estimate of drug-likeness (QED) is 0.627. The Labute approximate surface area is 159 Å². The van der Waals surface area contributed by atoms with E-state index in [1.165, 1.54) is 0 Å². The molecule has 3 rings (SSSR count). The molecule has 0 aliphatic heterocycles. The summed E-state index contributed by atoms with van der Waals surface area (Å²) in [6.45, 7) is 3.55. The van der Waals surface area contributed by atoms with Gasteiger partial charge in [-0.15, -0.1) is 0 Å². The van der Waals surface area contributed by atoms with Gasteiger partial charge in [-0.2, -0.15) is 5.10 Å². The topological polar surface area (TPSA) is 69.3 Å². The fraction of sp³-hybridized carbons (Fsp3) is 0.333. The smallest absolute Gasteiger partial charge is 0.227 e. The lowest BCUT2D eigenvalue weighted by atomic mass is 9.96. The molecule has 2 heterocycles. The maximum Gasteiger partial charge on any atom is 0.227 e. The van der Waals surface area contributed by atoms with Crippen molar-refractivity contribution in [2.75, 3.05) is 13.7 Å². The van der Waals surface area contributed by atoms with Gasteiger partial charge in [0.1, 0.15) is 5.69 Å². The molecule has 0 saturated heterocycles. The van der Waals surface area contributed by atoms with E-state index in [0.29, 0.717) is 19.7 Å². The Hall–Kier alpha value is -2.86. The Kier molecular flexibility index (Phi) is 6.44. The number of amides is 1. The molecule has 0 fully saturated rings. The molecule has 27 heavy (non-hydrogen) atoms. The third-order valence-corrected chi connectivity index (χ3v) is 4.48. The number of furan rings is 1. The Morgan fingerprint density at radius 1 is 1.26 bits per heavy atom. The number of nitrogens with one attached hydrogen (secondary N) is 1. The van der Waals surface area contributed by atoms with E-state index < -0.39 is 0 Å². The summed E-state index contributed by atoms with van der Waals surface area (Å²) in [6.07, 6.45) is 2.38. The van der Waals surface area contributed by atoms with Crippen LogP contribution >= 0.6 is 0 Å². The molecule has 3 aromatic rings. The average molecular weight is 367 g/mol. The van der Waals surface area contributed by atoms with Crippen LogP contribution in [0.15, 0.2) is 59.2 Å². The van der Waals surface area contributed by atoms with E-state index in [2.05, 4.69) is 10.4 Å². The third kappa shape index (κ3) is 4.65. The monoisotopic (exact) mass is 367 g/mol. The van der Waals surface area contributed by atoms with Crippen molar-refractivity contribution in [2.45, 2.75) is 32.4 Å². The predicted octanol–water partition coefficient (Wildman–Crippen LogP) is 3.60. The number of benzene rings is 1. The van der Waals surface area contributed by atoms with Gasteiger partial charge in [0, 0.05) is 7.11 Å². The van der Waals surface area contributed by atoms with Crippen molar-refractivity contribution in [3.63, 3.8) is 0 Å². The molecule has 1 N–H and O–H groups in total. The highest BCUT2D eigenvalue weighted by atomic mass is 16.5. The Bertz CT molecular complexity index is 841. The summed E-state index contributed by atoms with van der Waals surface area (Å²) in [4.78, 5) is 12.7. The number of methoxy groups -OCH3 is 1. The number of rotatable bonds is 9. The summed E-state index contributed by atoms with van der Waals surface area (Å²) < 4.78 is 12.5. The summed E-state index contributed by atoms with van der Waals surface area (Å²) in [6, 6.07) is 15.5. The minimum absolute atomic E-state index is 0.00897. The van der Waals surface area contributed by atoms with Crippen LogP contribution in [0.1, 0.15) is 30.5 Å². The molecular formula is C21H25N3O3. The van der Waals surface area contributed by atoms with Crippen molar-refractivity contribution in [1.29, 1.82) is 0 Å². The van der Waals surface area contributed by atoms with Crippen LogP contribution in [0.25, 0.3) is 11.5 Å². The molecule has 1 unspecified atom stereocenters. The van der Waals surface area contributed by atoms with Gasteiger partial charge in [-0.3, -0.25) is 9.48 Å². The Morgan fingerprint density at radius 2 is 2.07 bits per heavy atom. The van der Waals surface area contributed by atoms with Crippen LogP contribution in [0.3, 0.4) is 0 Å². The van der Waals surface area contributed by atoms with E-state index in [1.54, 1.807) is 13.4 Å². The number of ether oxygens (including phenoxy) is 1. The molecule has 0 radical (unpaired) electrons. The SMILES string of the molecule is CCC(C(=O)NCc1cc(-c2ccco2)n(CCOC)n1)c1ccccc1. The first kappa shape index (κ1) is 18.9. The highest BCUT2D eigenvalue weighted by Gasteiger charge is 2.19. The average Bonchev–Trinajstić information content (AvgIpc) is 3.36. The third-order valence-electron chi connectivity index (χ3n) is 4.48. The van der Waals surface area contributed by atoms with E-state index in [1.807, 2.05) is 60.1 Å². The van der Waals surface area contributed by atoms with Crippen LogP contribution in [0, 0.1) is 0 Å². The number of aromatic nitrogens is 2. The summed E-state index contributed by atoms with van der Waals surface area (Å²) >= 11 is 0. The molecule has 0 saturated carbocycles. The molecule has 0 aliphatic rings. The fourth-order valence-corrected chi connectivity index (χ4v) is 3.09. The number of nitrogens with zero attached hydrogens (tertiary/aromatic N) is 2. The molecule has 1 aromatic carbocycles. The normalized spacial score (nSPS) is 12.1.